The first kappa shape index (κ1) is 15.6. The van der Waals surface area contributed by atoms with Crippen LogP contribution in [0.3, 0.4) is 0 Å². The Morgan fingerprint density at radius 3 is 2.44 bits per heavy atom. The molecule has 124 valence electrons. The van der Waals surface area contributed by atoms with E-state index in [-0.39, 0.29) is 5.56 Å². The summed E-state index contributed by atoms with van der Waals surface area (Å²) in [6.45, 7) is 3.88. The lowest BCUT2D eigenvalue weighted by Gasteiger charge is -2.09. The zero-order chi connectivity index (χ0) is 17.6. The highest BCUT2D eigenvalue weighted by Crippen LogP contribution is 2.19. The molecule has 0 unspecified atom stereocenters. The smallest absolute Gasteiger partial charge is 0.265 e. The highest BCUT2D eigenvalue weighted by atomic mass is 35.5. The Kier molecular flexibility index (Phi) is 3.66. The van der Waals surface area contributed by atoms with E-state index in [1.165, 1.54) is 4.68 Å². The molecule has 0 radical (unpaired) electrons. The van der Waals surface area contributed by atoms with Crippen LogP contribution < -0.4 is 5.56 Å². The minimum absolute atomic E-state index is 0.235. The van der Waals surface area contributed by atoms with Gasteiger partial charge in [0.05, 0.1) is 23.3 Å². The summed E-state index contributed by atoms with van der Waals surface area (Å²) in [7, 11) is 0. The zero-order valence-electron chi connectivity index (χ0n) is 13.8. The maximum Gasteiger partial charge on any atom is 0.298 e. The quantitative estimate of drug-likeness (QED) is 0.552. The first-order chi connectivity index (χ1) is 12.0. The molecule has 2 aromatic heterocycles. The third-order valence-electron chi connectivity index (χ3n) is 4.14. The summed E-state index contributed by atoms with van der Waals surface area (Å²) in [5.41, 5.74) is 3.60. The lowest BCUT2D eigenvalue weighted by molar-refractivity contribution is 0.791. The van der Waals surface area contributed by atoms with Gasteiger partial charge < -0.3 is 0 Å². The molecule has 2 heterocycles. The molecule has 0 atom stereocenters. The van der Waals surface area contributed by atoms with Gasteiger partial charge in [0.15, 0.2) is 0 Å². The van der Waals surface area contributed by atoms with Gasteiger partial charge in [-0.1, -0.05) is 35.4 Å². The monoisotopic (exact) mass is 350 g/mol. The fraction of sp³-hybridized carbons (Fsp3) is 0.105. The number of rotatable bonds is 2. The average Bonchev–Trinajstić information content (AvgIpc) is 3.05. The molecule has 4 rings (SSSR count). The van der Waals surface area contributed by atoms with E-state index in [0.29, 0.717) is 16.2 Å². The van der Waals surface area contributed by atoms with Gasteiger partial charge in [-0.15, -0.1) is 0 Å². The zero-order valence-corrected chi connectivity index (χ0v) is 14.5. The van der Waals surface area contributed by atoms with E-state index in [1.807, 2.05) is 38.1 Å². The number of benzene rings is 2. The maximum atomic E-state index is 13.1. The van der Waals surface area contributed by atoms with Crippen molar-refractivity contribution in [3.05, 3.63) is 81.4 Å². The van der Waals surface area contributed by atoms with Crippen LogP contribution in [0.25, 0.3) is 22.3 Å². The van der Waals surface area contributed by atoms with Crippen molar-refractivity contribution in [1.29, 1.82) is 0 Å². The summed E-state index contributed by atoms with van der Waals surface area (Å²) < 4.78 is 3.03. The Balaban J connectivity index is 2.02. The Labute approximate surface area is 149 Å². The Morgan fingerprint density at radius 1 is 0.960 bits per heavy atom. The van der Waals surface area contributed by atoms with Gasteiger partial charge in [0.2, 0.25) is 0 Å². The summed E-state index contributed by atoms with van der Waals surface area (Å²) in [4.78, 5) is 13.1. The van der Waals surface area contributed by atoms with Crippen molar-refractivity contribution in [2.24, 2.45) is 0 Å². The highest BCUT2D eigenvalue weighted by molar-refractivity contribution is 6.30. The normalized spacial score (nSPS) is 11.2. The lowest BCUT2D eigenvalue weighted by atomic mass is 10.2. The van der Waals surface area contributed by atoms with Gasteiger partial charge >= 0.3 is 0 Å². The molecule has 0 fully saturated rings. The van der Waals surface area contributed by atoms with E-state index in [2.05, 4.69) is 10.2 Å². The van der Waals surface area contributed by atoms with E-state index in [4.69, 9.17) is 11.6 Å². The number of aryl methyl sites for hydroxylation is 2. The molecule has 0 spiro atoms. The minimum Gasteiger partial charge on any atom is -0.265 e. The number of nitrogens with zero attached hydrogens (tertiary/aromatic N) is 4. The molecule has 4 aromatic rings. The summed E-state index contributed by atoms with van der Waals surface area (Å²) in [6, 6.07) is 15.0. The van der Waals surface area contributed by atoms with Crippen molar-refractivity contribution in [2.45, 2.75) is 13.8 Å². The maximum absolute atomic E-state index is 13.1. The molecule has 0 N–H and O–H groups in total. The fourth-order valence-corrected chi connectivity index (χ4v) is 3.02. The predicted octanol–water partition coefficient (Wildman–Crippen LogP) is 3.84. The fourth-order valence-electron chi connectivity index (χ4n) is 2.83. The minimum atomic E-state index is -0.235. The summed E-state index contributed by atoms with van der Waals surface area (Å²) in [5, 5.41) is 10.1. The second-order valence-corrected chi connectivity index (χ2v) is 6.37. The summed E-state index contributed by atoms with van der Waals surface area (Å²) in [6.07, 6.45) is 1.68. The molecule has 25 heavy (non-hydrogen) atoms. The van der Waals surface area contributed by atoms with Gasteiger partial charge in [-0.05, 0) is 44.2 Å². The number of hydrogen-bond donors (Lipinski definition) is 0. The molecule has 0 saturated carbocycles. The first-order valence-corrected chi connectivity index (χ1v) is 8.23. The largest absolute Gasteiger partial charge is 0.298 e. The molecule has 0 aliphatic heterocycles. The van der Waals surface area contributed by atoms with Gasteiger partial charge in [-0.25, -0.2) is 4.68 Å². The second-order valence-electron chi connectivity index (χ2n) is 5.94. The van der Waals surface area contributed by atoms with Gasteiger partial charge in [-0.2, -0.15) is 14.9 Å². The van der Waals surface area contributed by atoms with Crippen LogP contribution in [-0.4, -0.2) is 19.6 Å². The van der Waals surface area contributed by atoms with E-state index in [9.17, 15) is 4.79 Å². The highest BCUT2D eigenvalue weighted by Gasteiger charge is 2.16. The molecule has 0 amide bonds. The van der Waals surface area contributed by atoms with Gasteiger partial charge in [0.25, 0.3) is 5.56 Å². The van der Waals surface area contributed by atoms with Gasteiger partial charge in [0.1, 0.15) is 5.52 Å². The van der Waals surface area contributed by atoms with Crippen LogP contribution in [0.15, 0.2) is 59.5 Å². The molecule has 5 nitrogen and oxygen atoms in total. The Morgan fingerprint density at radius 2 is 1.72 bits per heavy atom. The van der Waals surface area contributed by atoms with Gasteiger partial charge in [-0.3, -0.25) is 4.79 Å². The molecular formula is C19H15ClN4O. The SMILES string of the molecule is Cc1ccc(-n2ncc3c(C)nn(-c4cccc(Cl)c4)c(=O)c32)cc1. The van der Waals surface area contributed by atoms with Crippen LogP contribution >= 0.6 is 11.6 Å². The Hall–Kier alpha value is -2.92. The van der Waals surface area contributed by atoms with Crippen molar-refractivity contribution in [1.82, 2.24) is 19.6 Å². The van der Waals surface area contributed by atoms with Crippen LogP contribution in [-0.2, 0) is 0 Å². The van der Waals surface area contributed by atoms with Crippen molar-refractivity contribution >= 4 is 22.5 Å². The van der Waals surface area contributed by atoms with E-state index < -0.39 is 0 Å². The number of aromatic nitrogens is 4. The first-order valence-electron chi connectivity index (χ1n) is 7.85. The van der Waals surface area contributed by atoms with Crippen LogP contribution in [0.4, 0.5) is 0 Å². The van der Waals surface area contributed by atoms with E-state index in [1.54, 1.807) is 35.1 Å². The van der Waals surface area contributed by atoms with Crippen molar-refractivity contribution in [3.63, 3.8) is 0 Å². The predicted molar refractivity (Wildman–Crippen MR) is 98.9 cm³/mol. The molecular weight excluding hydrogens is 336 g/mol. The molecule has 0 bridgehead atoms. The molecule has 6 heteroatoms. The van der Waals surface area contributed by atoms with Crippen LogP contribution in [0.1, 0.15) is 11.3 Å². The van der Waals surface area contributed by atoms with E-state index in [0.717, 1.165) is 22.3 Å². The lowest BCUT2D eigenvalue weighted by Crippen LogP contribution is -2.24. The third kappa shape index (κ3) is 2.62. The molecule has 0 aliphatic rings. The van der Waals surface area contributed by atoms with Crippen molar-refractivity contribution in [2.75, 3.05) is 0 Å². The topological polar surface area (TPSA) is 52.7 Å². The van der Waals surface area contributed by atoms with Crippen LogP contribution in [0.5, 0.6) is 0 Å². The standard InChI is InChI=1S/C19H15ClN4O/c1-12-6-8-15(9-7-12)23-18-17(11-21-23)13(2)22-24(19(18)25)16-5-3-4-14(20)10-16/h3-11H,1-2H3. The number of fused-ring (bicyclic) bond motifs is 1. The number of hydrogen-bond acceptors (Lipinski definition) is 3. The van der Waals surface area contributed by atoms with Crippen LogP contribution in [0, 0.1) is 13.8 Å². The molecule has 0 aliphatic carbocycles. The molecule has 2 aromatic carbocycles. The Bertz CT molecular complexity index is 1140. The van der Waals surface area contributed by atoms with E-state index >= 15 is 0 Å². The average molecular weight is 351 g/mol. The van der Waals surface area contributed by atoms with Crippen LogP contribution in [0.2, 0.25) is 5.02 Å². The van der Waals surface area contributed by atoms with Crippen molar-refractivity contribution < 1.29 is 0 Å². The molecule has 0 saturated heterocycles. The second kappa shape index (κ2) is 5.86. The third-order valence-corrected chi connectivity index (χ3v) is 4.37. The summed E-state index contributed by atoms with van der Waals surface area (Å²) in [5.74, 6) is 0. The van der Waals surface area contributed by atoms with Crippen molar-refractivity contribution in [3.8, 4) is 11.4 Å². The van der Waals surface area contributed by atoms with Gasteiger partial charge in [0, 0.05) is 10.4 Å². The summed E-state index contributed by atoms with van der Waals surface area (Å²) >= 11 is 6.07. The number of halogens is 1.